The monoisotopic (exact) mass is 541 g/mol. The lowest BCUT2D eigenvalue weighted by Crippen LogP contribution is -3.00. The number of halogens is 1. The molecular formula is C31H28IN. The van der Waals surface area contributed by atoms with Crippen LogP contribution in [-0.4, -0.2) is 0 Å². The highest BCUT2D eigenvalue weighted by Crippen LogP contribution is 2.30. The van der Waals surface area contributed by atoms with Crippen molar-refractivity contribution >= 4 is 10.8 Å². The van der Waals surface area contributed by atoms with Crippen LogP contribution in [0.5, 0.6) is 0 Å². The van der Waals surface area contributed by atoms with Gasteiger partial charge in [0.1, 0.15) is 7.05 Å². The molecule has 0 aliphatic rings. The van der Waals surface area contributed by atoms with Crippen LogP contribution >= 0.6 is 0 Å². The van der Waals surface area contributed by atoms with Crippen LogP contribution in [0.1, 0.15) is 16.8 Å². The molecule has 1 aromatic heterocycles. The van der Waals surface area contributed by atoms with Gasteiger partial charge in [0.2, 0.25) is 5.69 Å². The molecule has 0 aliphatic heterocycles. The number of rotatable bonds is 3. The molecule has 1 heterocycles. The highest BCUT2D eigenvalue weighted by Gasteiger charge is 2.17. The summed E-state index contributed by atoms with van der Waals surface area (Å²) in [5, 5.41) is 2.63. The molecule has 0 N–H and O–H groups in total. The third kappa shape index (κ3) is 4.45. The van der Waals surface area contributed by atoms with Crippen molar-refractivity contribution in [1.29, 1.82) is 0 Å². The summed E-state index contributed by atoms with van der Waals surface area (Å²) in [6.07, 6.45) is 0. The Morgan fingerprint density at radius 3 is 1.76 bits per heavy atom. The fourth-order valence-corrected chi connectivity index (χ4v) is 4.50. The Kier molecular flexibility index (Phi) is 6.66. The minimum Gasteiger partial charge on any atom is -1.00 e. The maximum absolute atomic E-state index is 2.33. The largest absolute Gasteiger partial charge is 1.00 e. The van der Waals surface area contributed by atoms with E-state index < -0.39 is 0 Å². The Hall–Kier alpha value is -2.98. The topological polar surface area (TPSA) is 3.88 Å². The molecule has 2 heteroatoms. The van der Waals surface area contributed by atoms with Gasteiger partial charge < -0.3 is 24.0 Å². The summed E-state index contributed by atoms with van der Waals surface area (Å²) in [4.78, 5) is 0. The quantitative estimate of drug-likeness (QED) is 0.233. The van der Waals surface area contributed by atoms with E-state index in [2.05, 4.69) is 129 Å². The second kappa shape index (κ2) is 9.48. The van der Waals surface area contributed by atoms with E-state index in [1.165, 1.54) is 61.1 Å². The third-order valence-electron chi connectivity index (χ3n) is 6.70. The number of pyridine rings is 1. The zero-order valence-electron chi connectivity index (χ0n) is 19.6. The van der Waals surface area contributed by atoms with Crippen LogP contribution in [0.3, 0.4) is 0 Å². The fourth-order valence-electron chi connectivity index (χ4n) is 4.50. The number of hydrogen-bond donors (Lipinski definition) is 0. The highest BCUT2D eigenvalue weighted by atomic mass is 127. The summed E-state index contributed by atoms with van der Waals surface area (Å²) in [5.41, 5.74) is 11.4. The van der Waals surface area contributed by atoms with Crippen molar-refractivity contribution in [2.75, 3.05) is 0 Å². The Balaban J connectivity index is 0.00000259. The zero-order valence-corrected chi connectivity index (χ0v) is 21.7. The first-order valence-corrected chi connectivity index (χ1v) is 11.2. The van der Waals surface area contributed by atoms with Crippen LogP contribution in [0.25, 0.3) is 44.3 Å². The van der Waals surface area contributed by atoms with Crippen molar-refractivity contribution < 1.29 is 28.5 Å². The van der Waals surface area contributed by atoms with Crippen molar-refractivity contribution in [2.24, 2.45) is 7.05 Å². The molecule has 0 amide bonds. The Morgan fingerprint density at radius 1 is 0.515 bits per heavy atom. The lowest BCUT2D eigenvalue weighted by atomic mass is 9.96. The normalized spacial score (nSPS) is 10.8. The van der Waals surface area contributed by atoms with Crippen molar-refractivity contribution in [1.82, 2.24) is 0 Å². The van der Waals surface area contributed by atoms with Crippen molar-refractivity contribution in [3.05, 3.63) is 114 Å². The van der Waals surface area contributed by atoms with E-state index in [-0.39, 0.29) is 24.0 Å². The predicted molar refractivity (Wildman–Crippen MR) is 136 cm³/mol. The minimum atomic E-state index is 0. The van der Waals surface area contributed by atoms with E-state index in [1.54, 1.807) is 0 Å². The number of aryl methyl sites for hydroxylation is 3. The maximum Gasteiger partial charge on any atom is 0.213 e. The second-order valence-electron chi connectivity index (χ2n) is 8.72. The van der Waals surface area contributed by atoms with E-state index in [0.717, 1.165) is 0 Å². The molecule has 0 aliphatic carbocycles. The third-order valence-corrected chi connectivity index (χ3v) is 6.70. The summed E-state index contributed by atoms with van der Waals surface area (Å²) in [7, 11) is 2.17. The number of hydrogen-bond acceptors (Lipinski definition) is 0. The molecule has 0 bridgehead atoms. The zero-order chi connectivity index (χ0) is 22.2. The van der Waals surface area contributed by atoms with Gasteiger partial charge in [-0.1, -0.05) is 72.8 Å². The van der Waals surface area contributed by atoms with Crippen molar-refractivity contribution in [3.63, 3.8) is 0 Å². The maximum atomic E-state index is 2.33. The Morgan fingerprint density at radius 2 is 1.06 bits per heavy atom. The van der Waals surface area contributed by atoms with Crippen LogP contribution in [0.4, 0.5) is 0 Å². The van der Waals surface area contributed by atoms with Gasteiger partial charge in [-0.2, -0.15) is 4.57 Å². The molecule has 164 valence electrons. The smallest absolute Gasteiger partial charge is 0.213 e. The first-order chi connectivity index (χ1) is 15.5. The molecule has 1 nitrogen and oxygen atoms in total. The van der Waals surface area contributed by atoms with Crippen LogP contribution < -0.4 is 28.5 Å². The average molecular weight is 541 g/mol. The average Bonchev–Trinajstić information content (AvgIpc) is 2.83. The van der Waals surface area contributed by atoms with E-state index in [0.29, 0.717) is 0 Å². The van der Waals surface area contributed by atoms with Gasteiger partial charge in [-0.3, -0.25) is 0 Å². The fraction of sp³-hybridized carbons (Fsp3) is 0.129. The molecule has 33 heavy (non-hydrogen) atoms. The molecule has 0 spiro atoms. The van der Waals surface area contributed by atoms with Crippen molar-refractivity contribution in [2.45, 2.75) is 20.8 Å². The molecule has 4 aromatic carbocycles. The molecule has 0 radical (unpaired) electrons. The summed E-state index contributed by atoms with van der Waals surface area (Å²) in [5.74, 6) is 0. The van der Waals surface area contributed by atoms with Crippen LogP contribution in [0.2, 0.25) is 0 Å². The highest BCUT2D eigenvalue weighted by molar-refractivity contribution is 5.88. The van der Waals surface area contributed by atoms with Gasteiger partial charge in [0, 0.05) is 23.9 Å². The lowest BCUT2D eigenvalue weighted by molar-refractivity contribution is -0.665. The number of fused-ring (bicyclic) bond motifs is 1. The predicted octanol–water partition coefficient (Wildman–Crippen LogP) is 4.59. The Labute approximate surface area is 213 Å². The van der Waals surface area contributed by atoms with Gasteiger partial charge in [-0.15, -0.1) is 0 Å². The number of benzene rings is 4. The summed E-state index contributed by atoms with van der Waals surface area (Å²) < 4.78 is 2.31. The van der Waals surface area contributed by atoms with Gasteiger partial charge in [0.15, 0.2) is 5.69 Å². The molecule has 0 fully saturated rings. The molecular weight excluding hydrogens is 513 g/mol. The number of nitrogens with zero attached hydrogens (tertiary/aromatic N) is 1. The lowest BCUT2D eigenvalue weighted by Gasteiger charge is -2.11. The summed E-state index contributed by atoms with van der Waals surface area (Å²) in [6, 6.07) is 35.2. The first-order valence-electron chi connectivity index (χ1n) is 11.2. The van der Waals surface area contributed by atoms with Crippen molar-refractivity contribution in [3.8, 4) is 33.5 Å². The second-order valence-corrected chi connectivity index (χ2v) is 8.72. The molecule has 5 rings (SSSR count). The molecule has 5 aromatic rings. The molecule has 0 saturated carbocycles. The molecule has 0 unspecified atom stereocenters. The van der Waals surface area contributed by atoms with Gasteiger partial charge >= 0.3 is 0 Å². The van der Waals surface area contributed by atoms with E-state index in [9.17, 15) is 0 Å². The van der Waals surface area contributed by atoms with Crippen LogP contribution in [0, 0.1) is 20.8 Å². The number of aromatic nitrogens is 1. The Bertz CT molecular complexity index is 1430. The van der Waals surface area contributed by atoms with Crippen LogP contribution in [-0.2, 0) is 7.05 Å². The summed E-state index contributed by atoms with van der Waals surface area (Å²) in [6.45, 7) is 6.60. The van der Waals surface area contributed by atoms with Crippen LogP contribution in [0.15, 0.2) is 97.1 Å². The van der Waals surface area contributed by atoms with E-state index in [4.69, 9.17) is 0 Å². The first kappa shape index (κ1) is 23.2. The standard InChI is InChI=1S/C31H28N.HI/c1-21-17-29-20-31(32(4)23(3)30(29)18-22(21)2)28-12-8-11-27(19-28)26-15-13-25(14-16-26)24-9-6-5-7-10-24;/h5-20H,1-4H3;1H/q+1;/p-1. The molecule has 0 atom stereocenters. The van der Waals surface area contributed by atoms with Gasteiger partial charge in [-0.05, 0) is 70.8 Å². The molecule has 0 saturated heterocycles. The summed E-state index contributed by atoms with van der Waals surface area (Å²) >= 11 is 0. The van der Waals surface area contributed by atoms with E-state index >= 15 is 0 Å². The van der Waals surface area contributed by atoms with Gasteiger partial charge in [0.25, 0.3) is 0 Å². The minimum absolute atomic E-state index is 0. The van der Waals surface area contributed by atoms with Gasteiger partial charge in [0.05, 0.1) is 0 Å². The van der Waals surface area contributed by atoms with E-state index in [1.807, 2.05) is 0 Å². The SMILES string of the molecule is Cc1cc2cc(-c3cccc(-c4ccc(-c5ccccc5)cc4)c3)[n+](C)c(C)c2cc1C.[I-]. The van der Waals surface area contributed by atoms with Gasteiger partial charge in [-0.25, -0.2) is 0 Å².